The van der Waals surface area contributed by atoms with Gasteiger partial charge in [0, 0.05) is 4.99 Å². The molecule has 0 aromatic rings. The maximum absolute atomic E-state index is 3.82. The largest absolute Gasteiger partial charge is 0.491 e. The zero-order valence-corrected chi connectivity index (χ0v) is 5.57. The Kier molecular flexibility index (Phi) is 1.53. The van der Waals surface area contributed by atoms with Gasteiger partial charge >= 0.3 is 11.5 Å². The summed E-state index contributed by atoms with van der Waals surface area (Å²) in [7, 11) is 1.84. The van der Waals surface area contributed by atoms with Gasteiger partial charge < -0.3 is 0 Å². The first kappa shape index (κ1) is 5.62. The molecular weight excluding hydrogens is 122 g/mol. The quantitative estimate of drug-likeness (QED) is 0.452. The van der Waals surface area contributed by atoms with Gasteiger partial charge in [0.1, 0.15) is 0 Å². The molecule has 0 saturated heterocycles. The van der Waals surface area contributed by atoms with Crippen molar-refractivity contribution in [3.8, 4) is 0 Å². The molecule has 0 N–H and O–H groups in total. The molecular formula is C4H6N3S+. The molecule has 0 unspecified atom stereocenters. The van der Waals surface area contributed by atoms with Gasteiger partial charge in [0.25, 0.3) is 0 Å². The van der Waals surface area contributed by atoms with Crippen LogP contribution in [0.5, 0.6) is 0 Å². The lowest BCUT2D eigenvalue weighted by Gasteiger charge is -1.93. The van der Waals surface area contributed by atoms with E-state index in [-0.39, 0.29) is 0 Å². The van der Waals surface area contributed by atoms with E-state index in [2.05, 4.69) is 16.4 Å². The lowest BCUT2D eigenvalue weighted by molar-refractivity contribution is 0.505. The van der Waals surface area contributed by atoms with Gasteiger partial charge in [0.05, 0.1) is 12.1 Å². The second-order valence-corrected chi connectivity index (χ2v) is 2.10. The summed E-state index contributed by atoms with van der Waals surface area (Å²) < 4.78 is 0. The van der Waals surface area contributed by atoms with Gasteiger partial charge in [-0.2, -0.15) is 0 Å². The van der Waals surface area contributed by atoms with Crippen molar-refractivity contribution in [1.82, 2.24) is 10.1 Å². The van der Waals surface area contributed by atoms with Gasteiger partial charge in [-0.05, 0) is 6.26 Å². The Bertz CT molecular complexity index is 140. The Labute approximate surface area is 52.5 Å². The van der Waals surface area contributed by atoms with Gasteiger partial charge in [-0.3, -0.25) is 0 Å². The Morgan fingerprint density at radius 2 is 2.62 bits per heavy atom. The molecule has 0 spiro atoms. The minimum atomic E-state index is 0.894. The van der Waals surface area contributed by atoms with Crippen LogP contribution in [0.25, 0.3) is 0 Å². The Morgan fingerprint density at radius 3 is 2.88 bits per heavy atom. The molecule has 0 fully saturated rings. The highest BCUT2D eigenvalue weighted by Crippen LogP contribution is 2.01. The molecule has 3 nitrogen and oxygen atoms in total. The van der Waals surface area contributed by atoms with Crippen LogP contribution in [0.15, 0.2) is 4.99 Å². The van der Waals surface area contributed by atoms with Crippen molar-refractivity contribution in [2.24, 2.45) is 4.99 Å². The summed E-state index contributed by atoms with van der Waals surface area (Å²) in [5.74, 6) is 0. The molecule has 0 aromatic carbocycles. The molecule has 1 rings (SSSR count). The summed E-state index contributed by atoms with van der Waals surface area (Å²) in [5.41, 5.74) is 0. The summed E-state index contributed by atoms with van der Waals surface area (Å²) in [5, 5.41) is 6.33. The van der Waals surface area contributed by atoms with Crippen LogP contribution < -0.4 is 5.10 Å². The molecule has 1 heterocycles. The van der Waals surface area contributed by atoms with Crippen molar-refractivity contribution in [2.75, 3.05) is 13.3 Å². The molecule has 0 saturated carbocycles. The third-order valence-corrected chi connectivity index (χ3v) is 1.52. The normalized spacial score (nSPS) is 17.2. The first-order chi connectivity index (χ1) is 3.84. The average Bonchev–Trinajstić information content (AvgIpc) is 2.14. The second-order valence-electron chi connectivity index (χ2n) is 1.32. The molecule has 1 aliphatic heterocycles. The van der Waals surface area contributed by atoms with Crippen molar-refractivity contribution in [1.29, 1.82) is 0 Å². The minimum absolute atomic E-state index is 0.894. The highest BCUT2D eigenvalue weighted by atomic mass is 32.2. The van der Waals surface area contributed by atoms with E-state index in [1.165, 1.54) is 0 Å². The third kappa shape index (κ3) is 0.838. The van der Waals surface area contributed by atoms with Crippen LogP contribution >= 0.6 is 11.8 Å². The van der Waals surface area contributed by atoms with E-state index >= 15 is 0 Å². The van der Waals surface area contributed by atoms with Crippen molar-refractivity contribution >= 4 is 23.3 Å². The van der Waals surface area contributed by atoms with E-state index in [1.807, 2.05) is 13.3 Å². The zero-order valence-electron chi connectivity index (χ0n) is 4.75. The molecule has 1 aliphatic rings. The van der Waals surface area contributed by atoms with E-state index in [0.717, 1.165) is 5.17 Å². The highest BCUT2D eigenvalue weighted by Gasteiger charge is 2.19. The molecule has 4 heteroatoms. The number of hydrogen-bond acceptors (Lipinski definition) is 4. The fourth-order valence-electron chi connectivity index (χ4n) is 0.425. The Balaban J connectivity index is 2.59. The molecule has 8 heavy (non-hydrogen) atoms. The van der Waals surface area contributed by atoms with Gasteiger partial charge in [0.15, 0.2) is 0 Å². The van der Waals surface area contributed by atoms with Crippen LogP contribution in [0.3, 0.4) is 0 Å². The maximum atomic E-state index is 3.82. The van der Waals surface area contributed by atoms with Gasteiger partial charge in [-0.15, -0.1) is 5.01 Å². The minimum Gasteiger partial charge on any atom is -0.128 e. The Morgan fingerprint density at radius 1 is 1.88 bits per heavy atom. The number of nitrogens with zero attached hydrogens (tertiary/aromatic N) is 3. The smallest absolute Gasteiger partial charge is 0.128 e. The summed E-state index contributed by atoms with van der Waals surface area (Å²) in [6.45, 7) is 0. The molecule has 0 aromatic heterocycles. The standard InChI is InChI=1S/C4H6N3S/c1-7-4(8-2)5-3-6-7/h1-2H3/q+1. The average molecular weight is 128 g/mol. The highest BCUT2D eigenvalue weighted by molar-refractivity contribution is 8.13. The Hall–Kier alpha value is -0.510. The van der Waals surface area contributed by atoms with Gasteiger partial charge in [0.2, 0.25) is 0 Å². The number of hydrogen-bond donors (Lipinski definition) is 0. The van der Waals surface area contributed by atoms with Gasteiger partial charge in [-0.25, -0.2) is 0 Å². The second kappa shape index (κ2) is 2.17. The van der Waals surface area contributed by atoms with Gasteiger partial charge in [-0.1, -0.05) is 11.8 Å². The maximum Gasteiger partial charge on any atom is 0.491 e. The van der Waals surface area contributed by atoms with Crippen LogP contribution in [-0.4, -0.2) is 29.8 Å². The first-order valence-electron chi connectivity index (χ1n) is 2.15. The van der Waals surface area contributed by atoms with Crippen LogP contribution in [0.1, 0.15) is 0 Å². The fourth-order valence-corrected chi connectivity index (χ4v) is 0.862. The summed E-state index contributed by atoms with van der Waals surface area (Å²) in [6, 6.07) is 0. The number of aliphatic imine (C=N–C) groups is 1. The van der Waals surface area contributed by atoms with Crippen molar-refractivity contribution in [3.05, 3.63) is 0 Å². The van der Waals surface area contributed by atoms with Crippen LogP contribution in [0.4, 0.5) is 0 Å². The van der Waals surface area contributed by atoms with E-state index < -0.39 is 0 Å². The van der Waals surface area contributed by atoms with Crippen LogP contribution in [0, 0.1) is 0 Å². The molecule has 0 amide bonds. The van der Waals surface area contributed by atoms with E-state index in [1.54, 1.807) is 16.8 Å². The number of thioether (sulfide) groups is 1. The van der Waals surface area contributed by atoms with E-state index in [9.17, 15) is 0 Å². The third-order valence-electron chi connectivity index (χ3n) is 0.800. The SMILES string of the molecule is CSC1=N[C]=[N+]N1C. The van der Waals surface area contributed by atoms with E-state index in [4.69, 9.17) is 0 Å². The monoisotopic (exact) mass is 128 g/mol. The first-order valence-corrected chi connectivity index (χ1v) is 3.38. The van der Waals surface area contributed by atoms with Crippen molar-refractivity contribution in [2.45, 2.75) is 0 Å². The molecule has 0 aliphatic carbocycles. The topological polar surface area (TPSA) is 29.7 Å². The predicted octanol–water partition coefficient (Wildman–Crippen LogP) is -0.193. The lowest BCUT2D eigenvalue weighted by atomic mass is 11.1. The molecule has 0 bridgehead atoms. The summed E-state index contributed by atoms with van der Waals surface area (Å²) in [4.78, 5) is 3.82. The number of hydrazone groups is 1. The zero-order chi connectivity index (χ0) is 5.98. The molecule has 42 valence electrons. The van der Waals surface area contributed by atoms with Crippen LogP contribution in [0.2, 0.25) is 0 Å². The molecule has 0 atom stereocenters. The van der Waals surface area contributed by atoms with E-state index in [0.29, 0.717) is 0 Å². The fraction of sp³-hybridized carbons (Fsp3) is 0.500. The van der Waals surface area contributed by atoms with Crippen LogP contribution in [-0.2, 0) is 0 Å². The van der Waals surface area contributed by atoms with Crippen molar-refractivity contribution in [3.63, 3.8) is 0 Å². The number of amidine groups is 1. The predicted molar refractivity (Wildman–Crippen MR) is 35.9 cm³/mol. The number of rotatable bonds is 0. The molecule has 2 radical (unpaired) electrons. The summed E-state index contributed by atoms with van der Waals surface area (Å²) >= 11 is 1.56. The summed E-state index contributed by atoms with van der Waals surface area (Å²) in [6.07, 6.45) is 4.45. The van der Waals surface area contributed by atoms with Crippen molar-refractivity contribution < 1.29 is 0 Å². The lowest BCUT2D eigenvalue weighted by Crippen LogP contribution is -2.20.